The van der Waals surface area contributed by atoms with Crippen LogP contribution >= 0.6 is 0 Å². The van der Waals surface area contributed by atoms with Gasteiger partial charge in [0.1, 0.15) is 5.76 Å². The number of imide groups is 2. The van der Waals surface area contributed by atoms with Crippen LogP contribution in [0.25, 0.3) is 0 Å². The fraction of sp³-hybridized carbons (Fsp3) is 0.211. The molecule has 0 spiro atoms. The number of nitrogens with zero attached hydrogens (tertiary/aromatic N) is 1. The molecule has 4 amide bonds. The van der Waals surface area contributed by atoms with E-state index in [1.807, 2.05) is 5.32 Å². The molecular formula is C19H16N2O8. The number of nitrogens with one attached hydrogen (secondary N) is 1. The number of fused-ring (bicyclic) bond motifs is 1. The first-order valence-electron chi connectivity index (χ1n) is 8.57. The van der Waals surface area contributed by atoms with Crippen LogP contribution in [0.5, 0.6) is 0 Å². The zero-order valence-electron chi connectivity index (χ0n) is 15.3. The summed E-state index contributed by atoms with van der Waals surface area (Å²) in [5.41, 5.74) is 0.179. The van der Waals surface area contributed by atoms with Crippen LogP contribution < -0.4 is 5.32 Å². The highest BCUT2D eigenvalue weighted by Gasteiger charge is 2.36. The van der Waals surface area contributed by atoms with E-state index >= 15 is 0 Å². The first-order chi connectivity index (χ1) is 13.9. The van der Waals surface area contributed by atoms with Gasteiger partial charge in [0.2, 0.25) is 0 Å². The number of hydrogen-bond acceptors (Lipinski definition) is 8. The molecule has 10 heteroatoms. The van der Waals surface area contributed by atoms with Crippen LogP contribution in [0.2, 0.25) is 0 Å². The summed E-state index contributed by atoms with van der Waals surface area (Å²) < 4.78 is 14.5. The van der Waals surface area contributed by atoms with Gasteiger partial charge in [0, 0.05) is 0 Å². The van der Waals surface area contributed by atoms with Gasteiger partial charge in [-0.25, -0.2) is 9.59 Å². The number of furan rings is 1. The summed E-state index contributed by atoms with van der Waals surface area (Å²) in [6.45, 7) is 0.900. The Morgan fingerprint density at radius 3 is 2.52 bits per heavy atom. The van der Waals surface area contributed by atoms with Crippen LogP contribution in [0, 0.1) is 0 Å². The number of amides is 4. The summed E-state index contributed by atoms with van der Waals surface area (Å²) in [6, 6.07) is 7.15. The third-order valence-electron chi connectivity index (χ3n) is 3.95. The highest BCUT2D eigenvalue weighted by molar-refractivity contribution is 6.21. The minimum absolute atomic E-state index is 0.0197. The molecule has 3 rings (SSSR count). The molecule has 10 nitrogen and oxygen atoms in total. The van der Waals surface area contributed by atoms with Crippen molar-refractivity contribution in [3.05, 3.63) is 59.0 Å². The Bertz CT molecular complexity index is 980. The molecule has 29 heavy (non-hydrogen) atoms. The van der Waals surface area contributed by atoms with Crippen molar-refractivity contribution in [1.82, 2.24) is 10.2 Å². The van der Waals surface area contributed by atoms with Crippen molar-refractivity contribution in [3.63, 3.8) is 0 Å². The van der Waals surface area contributed by atoms with Gasteiger partial charge in [-0.1, -0.05) is 0 Å². The fourth-order valence-corrected chi connectivity index (χ4v) is 2.65. The average molecular weight is 400 g/mol. The van der Waals surface area contributed by atoms with Crippen LogP contribution in [0.3, 0.4) is 0 Å². The highest BCUT2D eigenvalue weighted by atomic mass is 16.6. The average Bonchev–Trinajstić information content (AvgIpc) is 3.29. The zero-order valence-corrected chi connectivity index (χ0v) is 15.3. The molecule has 1 aliphatic heterocycles. The van der Waals surface area contributed by atoms with Gasteiger partial charge in [0.05, 0.1) is 36.1 Å². The molecule has 0 atom stereocenters. The summed E-state index contributed by atoms with van der Waals surface area (Å²) in [7, 11) is 0. The summed E-state index contributed by atoms with van der Waals surface area (Å²) in [6.07, 6.45) is 0.478. The molecule has 0 aliphatic carbocycles. The molecule has 2 aromatic rings. The summed E-state index contributed by atoms with van der Waals surface area (Å²) in [5.74, 6) is -2.40. The summed E-state index contributed by atoms with van der Waals surface area (Å²) in [5, 5.41) is 1.88. The Balaban J connectivity index is 1.65. The van der Waals surface area contributed by atoms with E-state index in [1.54, 1.807) is 19.1 Å². The Hall–Kier alpha value is -3.95. The largest absolute Gasteiger partial charge is 0.467 e. The van der Waals surface area contributed by atoms with Gasteiger partial charge in [-0.05, 0) is 37.3 Å². The third kappa shape index (κ3) is 4.32. The Labute approximate surface area is 164 Å². The van der Waals surface area contributed by atoms with Crippen LogP contribution in [-0.4, -0.2) is 47.9 Å². The third-order valence-corrected chi connectivity index (χ3v) is 3.95. The van der Waals surface area contributed by atoms with E-state index in [1.165, 1.54) is 24.5 Å². The van der Waals surface area contributed by atoms with Crippen LogP contribution in [0.15, 0.2) is 41.0 Å². The summed E-state index contributed by atoms with van der Waals surface area (Å²) >= 11 is 0. The lowest BCUT2D eigenvalue weighted by atomic mass is 10.1. The lowest BCUT2D eigenvalue weighted by molar-refractivity contribution is -0.123. The topological polar surface area (TPSA) is 132 Å². The van der Waals surface area contributed by atoms with Gasteiger partial charge >= 0.3 is 12.1 Å². The van der Waals surface area contributed by atoms with Crippen molar-refractivity contribution in [2.75, 3.05) is 13.2 Å². The standard InChI is InChI=1S/C19H16N2O8/c1-2-27-19(26)20-15(22)10-29-18(25)11-5-6-13-14(8-11)17(24)21(16(13)23)9-12-4-3-7-28-12/h3-8H,2,9-10H2,1H3,(H,20,22,26). The first-order valence-corrected chi connectivity index (χ1v) is 8.57. The van der Waals surface area contributed by atoms with Gasteiger partial charge < -0.3 is 13.9 Å². The number of hydrogen-bond donors (Lipinski definition) is 1. The van der Waals surface area contributed by atoms with Crippen molar-refractivity contribution in [1.29, 1.82) is 0 Å². The maximum atomic E-state index is 12.6. The van der Waals surface area contributed by atoms with E-state index in [2.05, 4.69) is 4.74 Å². The molecular weight excluding hydrogens is 384 g/mol. The van der Waals surface area contributed by atoms with E-state index in [0.29, 0.717) is 5.76 Å². The summed E-state index contributed by atoms with van der Waals surface area (Å²) in [4.78, 5) is 60.8. The molecule has 1 aromatic carbocycles. The lowest BCUT2D eigenvalue weighted by Gasteiger charge is -2.11. The maximum absolute atomic E-state index is 12.6. The quantitative estimate of drug-likeness (QED) is 0.570. The molecule has 0 unspecified atom stereocenters. The van der Waals surface area contributed by atoms with Crippen LogP contribution in [0.4, 0.5) is 4.79 Å². The van der Waals surface area contributed by atoms with Crippen molar-refractivity contribution in [2.24, 2.45) is 0 Å². The monoisotopic (exact) mass is 400 g/mol. The highest BCUT2D eigenvalue weighted by Crippen LogP contribution is 2.26. The van der Waals surface area contributed by atoms with E-state index in [-0.39, 0.29) is 29.8 Å². The Morgan fingerprint density at radius 2 is 1.83 bits per heavy atom. The zero-order chi connectivity index (χ0) is 21.0. The molecule has 0 saturated heterocycles. The Kier molecular flexibility index (Phi) is 5.72. The molecule has 150 valence electrons. The molecule has 2 heterocycles. The van der Waals surface area contributed by atoms with Crippen LogP contribution in [0.1, 0.15) is 43.8 Å². The number of benzene rings is 1. The minimum Gasteiger partial charge on any atom is -0.467 e. The maximum Gasteiger partial charge on any atom is 0.413 e. The molecule has 0 saturated carbocycles. The van der Waals surface area contributed by atoms with Crippen molar-refractivity contribution in [3.8, 4) is 0 Å². The molecule has 0 fully saturated rings. The number of esters is 1. The smallest absolute Gasteiger partial charge is 0.413 e. The van der Waals surface area contributed by atoms with Gasteiger partial charge in [-0.3, -0.25) is 24.6 Å². The molecule has 0 radical (unpaired) electrons. The molecule has 1 N–H and O–H groups in total. The SMILES string of the molecule is CCOC(=O)NC(=O)COC(=O)c1ccc2c(c1)C(=O)N(Cc1ccco1)C2=O. The second-order valence-electron chi connectivity index (χ2n) is 5.88. The number of alkyl carbamates (subject to hydrolysis) is 1. The van der Waals surface area contributed by atoms with Crippen molar-refractivity contribution in [2.45, 2.75) is 13.5 Å². The lowest BCUT2D eigenvalue weighted by Crippen LogP contribution is -2.34. The second-order valence-corrected chi connectivity index (χ2v) is 5.88. The van der Waals surface area contributed by atoms with E-state index in [0.717, 1.165) is 4.90 Å². The van der Waals surface area contributed by atoms with Crippen LogP contribution in [-0.2, 0) is 20.8 Å². The Morgan fingerprint density at radius 1 is 1.07 bits per heavy atom. The predicted octanol–water partition coefficient (Wildman–Crippen LogP) is 1.51. The van der Waals surface area contributed by atoms with Gasteiger partial charge in [0.15, 0.2) is 6.61 Å². The number of ether oxygens (including phenoxy) is 2. The van der Waals surface area contributed by atoms with E-state index in [4.69, 9.17) is 9.15 Å². The molecule has 1 aromatic heterocycles. The number of carbonyl (C=O) groups is 5. The van der Waals surface area contributed by atoms with Gasteiger partial charge in [-0.2, -0.15) is 0 Å². The van der Waals surface area contributed by atoms with E-state index < -0.39 is 36.4 Å². The minimum atomic E-state index is -0.952. The van der Waals surface area contributed by atoms with E-state index in [9.17, 15) is 24.0 Å². The predicted molar refractivity (Wildman–Crippen MR) is 94.8 cm³/mol. The normalized spacial score (nSPS) is 12.5. The fourth-order valence-electron chi connectivity index (χ4n) is 2.65. The second kappa shape index (κ2) is 8.38. The molecule has 0 bridgehead atoms. The van der Waals surface area contributed by atoms with Crippen molar-refractivity contribution < 1.29 is 37.9 Å². The number of carbonyl (C=O) groups excluding carboxylic acids is 5. The molecule has 1 aliphatic rings. The number of rotatable bonds is 6. The van der Waals surface area contributed by atoms with Gasteiger partial charge in [0.25, 0.3) is 17.7 Å². The van der Waals surface area contributed by atoms with Crippen molar-refractivity contribution >= 4 is 29.8 Å². The van der Waals surface area contributed by atoms with Gasteiger partial charge in [-0.15, -0.1) is 0 Å². The first kappa shape index (κ1) is 19.8.